The molecule has 5 nitrogen and oxygen atoms in total. The number of aromatic nitrogens is 2. The predicted octanol–water partition coefficient (Wildman–Crippen LogP) is 3.12. The van der Waals surface area contributed by atoms with Crippen LogP contribution in [0, 0.1) is 0 Å². The Morgan fingerprint density at radius 2 is 1.95 bits per heavy atom. The van der Waals surface area contributed by atoms with Crippen LogP contribution >= 0.6 is 0 Å². The Bertz CT molecular complexity index is 537. The van der Waals surface area contributed by atoms with Gasteiger partial charge < -0.3 is 14.5 Å². The van der Waals surface area contributed by atoms with Gasteiger partial charge in [-0.15, -0.1) is 10.2 Å². The van der Waals surface area contributed by atoms with Crippen LogP contribution in [-0.4, -0.2) is 23.9 Å². The Kier molecular flexibility index (Phi) is 5.75. The number of benzene rings is 1. The SMILES string of the molecule is CCCNC(CC)c1nnc(Cc2ccc(OC)cc2)o1. The molecule has 0 bridgehead atoms. The van der Waals surface area contributed by atoms with Crippen molar-refractivity contribution in [3.8, 4) is 5.75 Å². The molecule has 1 N–H and O–H groups in total. The van der Waals surface area contributed by atoms with Crippen LogP contribution in [0.3, 0.4) is 0 Å². The molecule has 0 aliphatic rings. The van der Waals surface area contributed by atoms with Crippen LogP contribution in [0.15, 0.2) is 28.7 Å². The van der Waals surface area contributed by atoms with Crippen LogP contribution in [0.5, 0.6) is 5.75 Å². The van der Waals surface area contributed by atoms with E-state index < -0.39 is 0 Å². The normalized spacial score (nSPS) is 12.3. The fourth-order valence-electron chi connectivity index (χ4n) is 2.12. The zero-order chi connectivity index (χ0) is 15.1. The van der Waals surface area contributed by atoms with E-state index in [1.807, 2.05) is 24.3 Å². The highest BCUT2D eigenvalue weighted by Crippen LogP contribution is 2.18. The fraction of sp³-hybridized carbons (Fsp3) is 0.500. The molecule has 0 saturated carbocycles. The van der Waals surface area contributed by atoms with Crippen LogP contribution in [0.25, 0.3) is 0 Å². The van der Waals surface area contributed by atoms with Gasteiger partial charge in [-0.3, -0.25) is 0 Å². The van der Waals surface area contributed by atoms with E-state index in [0.717, 1.165) is 30.7 Å². The zero-order valence-corrected chi connectivity index (χ0v) is 12.9. The van der Waals surface area contributed by atoms with Crippen molar-refractivity contribution in [1.29, 1.82) is 0 Å². The third-order valence-corrected chi connectivity index (χ3v) is 3.34. The molecule has 0 spiro atoms. The molecule has 21 heavy (non-hydrogen) atoms. The molecule has 1 heterocycles. The van der Waals surface area contributed by atoms with Gasteiger partial charge in [0.15, 0.2) is 0 Å². The van der Waals surface area contributed by atoms with Crippen molar-refractivity contribution in [3.63, 3.8) is 0 Å². The number of methoxy groups -OCH3 is 1. The topological polar surface area (TPSA) is 60.2 Å². The number of hydrogen-bond donors (Lipinski definition) is 1. The summed E-state index contributed by atoms with van der Waals surface area (Å²) in [4.78, 5) is 0. The average molecular weight is 289 g/mol. The summed E-state index contributed by atoms with van der Waals surface area (Å²) in [5.41, 5.74) is 1.13. The molecule has 2 aromatic rings. The minimum Gasteiger partial charge on any atom is -0.497 e. The van der Waals surface area contributed by atoms with E-state index in [9.17, 15) is 0 Å². The number of ether oxygens (including phenoxy) is 1. The van der Waals surface area contributed by atoms with E-state index >= 15 is 0 Å². The van der Waals surface area contributed by atoms with Gasteiger partial charge in [-0.05, 0) is 37.1 Å². The summed E-state index contributed by atoms with van der Waals surface area (Å²) in [7, 11) is 1.66. The molecule has 0 aliphatic carbocycles. The first-order chi connectivity index (χ1) is 10.3. The van der Waals surface area contributed by atoms with Crippen molar-refractivity contribution >= 4 is 0 Å². The molecule has 0 aliphatic heterocycles. The van der Waals surface area contributed by atoms with Crippen molar-refractivity contribution in [2.45, 2.75) is 39.2 Å². The Hall–Kier alpha value is -1.88. The Balaban J connectivity index is 2.01. The molecule has 1 aromatic carbocycles. The Morgan fingerprint density at radius 1 is 1.19 bits per heavy atom. The van der Waals surface area contributed by atoms with Gasteiger partial charge in [0.05, 0.1) is 19.6 Å². The highest BCUT2D eigenvalue weighted by atomic mass is 16.5. The summed E-state index contributed by atoms with van der Waals surface area (Å²) in [6, 6.07) is 8.03. The molecule has 0 amide bonds. The van der Waals surface area contributed by atoms with Crippen molar-refractivity contribution in [2.75, 3.05) is 13.7 Å². The third-order valence-electron chi connectivity index (χ3n) is 3.34. The first-order valence-corrected chi connectivity index (χ1v) is 7.45. The van der Waals surface area contributed by atoms with Crippen LogP contribution < -0.4 is 10.1 Å². The van der Waals surface area contributed by atoms with E-state index in [-0.39, 0.29) is 6.04 Å². The monoisotopic (exact) mass is 289 g/mol. The van der Waals surface area contributed by atoms with Gasteiger partial charge in [-0.2, -0.15) is 0 Å². The molecule has 0 saturated heterocycles. The van der Waals surface area contributed by atoms with Gasteiger partial charge in [0.25, 0.3) is 0 Å². The van der Waals surface area contributed by atoms with Gasteiger partial charge in [0.1, 0.15) is 5.75 Å². The lowest BCUT2D eigenvalue weighted by molar-refractivity contribution is 0.376. The first kappa shape index (κ1) is 15.5. The second-order valence-electron chi connectivity index (χ2n) is 4.97. The van der Waals surface area contributed by atoms with Gasteiger partial charge in [0, 0.05) is 0 Å². The lowest BCUT2D eigenvalue weighted by Gasteiger charge is -2.11. The first-order valence-electron chi connectivity index (χ1n) is 7.45. The third kappa shape index (κ3) is 4.29. The highest BCUT2D eigenvalue weighted by Gasteiger charge is 2.16. The van der Waals surface area contributed by atoms with Crippen molar-refractivity contribution in [2.24, 2.45) is 0 Å². The van der Waals surface area contributed by atoms with Gasteiger partial charge in [0.2, 0.25) is 11.8 Å². The number of nitrogens with one attached hydrogen (secondary N) is 1. The standard InChI is InChI=1S/C16H23N3O2/c1-4-10-17-14(5-2)16-19-18-15(21-16)11-12-6-8-13(20-3)9-7-12/h6-9,14,17H,4-5,10-11H2,1-3H3. The number of nitrogens with zero attached hydrogens (tertiary/aromatic N) is 2. The van der Waals surface area contributed by atoms with Crippen molar-refractivity contribution in [3.05, 3.63) is 41.6 Å². The van der Waals surface area contributed by atoms with Gasteiger partial charge >= 0.3 is 0 Å². The second-order valence-corrected chi connectivity index (χ2v) is 4.97. The van der Waals surface area contributed by atoms with Crippen molar-refractivity contribution < 1.29 is 9.15 Å². The highest BCUT2D eigenvalue weighted by molar-refractivity contribution is 5.28. The van der Waals surface area contributed by atoms with Gasteiger partial charge in [-0.1, -0.05) is 26.0 Å². The van der Waals surface area contributed by atoms with E-state index in [0.29, 0.717) is 18.2 Å². The Labute approximate surface area is 125 Å². The summed E-state index contributed by atoms with van der Waals surface area (Å²) >= 11 is 0. The molecule has 1 unspecified atom stereocenters. The van der Waals surface area contributed by atoms with Gasteiger partial charge in [-0.25, -0.2) is 0 Å². The molecule has 0 radical (unpaired) electrons. The fourth-order valence-corrected chi connectivity index (χ4v) is 2.12. The molecular formula is C16H23N3O2. The van der Waals surface area contributed by atoms with Crippen LogP contribution in [0.2, 0.25) is 0 Å². The number of hydrogen-bond acceptors (Lipinski definition) is 5. The van der Waals surface area contributed by atoms with E-state index in [1.165, 1.54) is 0 Å². The smallest absolute Gasteiger partial charge is 0.233 e. The van der Waals surface area contributed by atoms with Crippen LogP contribution in [0.1, 0.15) is 50.1 Å². The molecular weight excluding hydrogens is 266 g/mol. The molecule has 2 rings (SSSR count). The molecule has 0 fully saturated rings. The average Bonchev–Trinajstić information content (AvgIpc) is 2.97. The lowest BCUT2D eigenvalue weighted by atomic mass is 10.1. The summed E-state index contributed by atoms with van der Waals surface area (Å²) in [5, 5.41) is 11.7. The maximum Gasteiger partial charge on any atom is 0.233 e. The largest absolute Gasteiger partial charge is 0.497 e. The minimum absolute atomic E-state index is 0.141. The van der Waals surface area contributed by atoms with Crippen LogP contribution in [-0.2, 0) is 6.42 Å². The molecule has 5 heteroatoms. The summed E-state index contributed by atoms with van der Waals surface area (Å²) < 4.78 is 10.9. The van der Waals surface area contributed by atoms with E-state index in [1.54, 1.807) is 7.11 Å². The lowest BCUT2D eigenvalue weighted by Crippen LogP contribution is -2.21. The maximum atomic E-state index is 5.78. The quantitative estimate of drug-likeness (QED) is 0.809. The van der Waals surface area contributed by atoms with Crippen LogP contribution in [0.4, 0.5) is 0 Å². The minimum atomic E-state index is 0.141. The Morgan fingerprint density at radius 3 is 2.57 bits per heavy atom. The summed E-state index contributed by atoms with van der Waals surface area (Å²) in [6.45, 7) is 5.21. The second kappa shape index (κ2) is 7.78. The van der Waals surface area contributed by atoms with Crippen molar-refractivity contribution in [1.82, 2.24) is 15.5 Å². The van der Waals surface area contributed by atoms with E-state index in [4.69, 9.17) is 9.15 Å². The molecule has 114 valence electrons. The summed E-state index contributed by atoms with van der Waals surface area (Å²) in [5.74, 6) is 2.17. The van der Waals surface area contributed by atoms with E-state index in [2.05, 4.69) is 29.4 Å². The summed E-state index contributed by atoms with van der Waals surface area (Å²) in [6.07, 6.45) is 2.66. The molecule has 1 atom stereocenters. The number of rotatable bonds is 8. The predicted molar refractivity (Wildman–Crippen MR) is 81.4 cm³/mol. The zero-order valence-electron chi connectivity index (χ0n) is 12.9. The molecule has 1 aromatic heterocycles. The maximum absolute atomic E-state index is 5.78.